The van der Waals surface area contributed by atoms with Crippen molar-refractivity contribution >= 4 is 17.7 Å². The number of thioether (sulfide) groups is 1. The summed E-state index contributed by atoms with van der Waals surface area (Å²) >= 11 is 1.88. The molecule has 4 nitrogen and oxygen atoms in total. The number of rotatable bonds is 8. The lowest BCUT2D eigenvalue weighted by Crippen LogP contribution is -2.23. The fourth-order valence-electron chi connectivity index (χ4n) is 2.70. The van der Waals surface area contributed by atoms with Gasteiger partial charge in [-0.1, -0.05) is 43.3 Å². The number of hydrogen-bond donors (Lipinski definition) is 1. The van der Waals surface area contributed by atoms with Crippen molar-refractivity contribution in [2.45, 2.75) is 25.8 Å². The Morgan fingerprint density at radius 2 is 1.85 bits per heavy atom. The van der Waals surface area contributed by atoms with Gasteiger partial charge in [0.1, 0.15) is 0 Å². The zero-order valence-corrected chi connectivity index (χ0v) is 15.7. The van der Waals surface area contributed by atoms with Crippen molar-refractivity contribution in [3.63, 3.8) is 0 Å². The summed E-state index contributed by atoms with van der Waals surface area (Å²) in [5.41, 5.74) is 4.20. The normalized spacial score (nSPS) is 10.7. The third kappa shape index (κ3) is 4.99. The highest BCUT2D eigenvalue weighted by Crippen LogP contribution is 2.14. The van der Waals surface area contributed by atoms with E-state index in [0.717, 1.165) is 22.6 Å². The standard InChI is InChI=1S/C21H23N3OS/c1-2-26-16-17-8-10-18(11-9-17)21(25)22-14-19-6-3-4-7-20(19)15-24-13-5-12-23-24/h3-13H,2,14-16H2,1H3,(H,22,25). The molecule has 3 aromatic rings. The summed E-state index contributed by atoms with van der Waals surface area (Å²) in [5, 5.41) is 7.28. The second-order valence-corrected chi connectivity index (χ2v) is 7.26. The van der Waals surface area contributed by atoms with Crippen molar-refractivity contribution in [2.24, 2.45) is 0 Å². The Labute approximate surface area is 158 Å². The molecule has 0 aliphatic rings. The number of benzene rings is 2. The van der Waals surface area contributed by atoms with Crippen LogP contribution in [0.2, 0.25) is 0 Å². The summed E-state index contributed by atoms with van der Waals surface area (Å²) in [6.07, 6.45) is 3.71. The molecular weight excluding hydrogens is 342 g/mol. The second kappa shape index (κ2) is 9.25. The van der Waals surface area contributed by atoms with Crippen LogP contribution < -0.4 is 5.32 Å². The lowest BCUT2D eigenvalue weighted by molar-refractivity contribution is 0.0951. The van der Waals surface area contributed by atoms with Gasteiger partial charge in [0.15, 0.2) is 0 Å². The van der Waals surface area contributed by atoms with Gasteiger partial charge in [0, 0.05) is 30.3 Å². The van der Waals surface area contributed by atoms with Crippen LogP contribution in [0.25, 0.3) is 0 Å². The maximum absolute atomic E-state index is 12.4. The van der Waals surface area contributed by atoms with E-state index in [2.05, 4.69) is 23.4 Å². The number of nitrogens with one attached hydrogen (secondary N) is 1. The molecule has 0 spiro atoms. The Balaban J connectivity index is 1.61. The van der Waals surface area contributed by atoms with Crippen LogP contribution in [0, 0.1) is 0 Å². The maximum Gasteiger partial charge on any atom is 0.251 e. The fourth-order valence-corrected chi connectivity index (χ4v) is 3.33. The van der Waals surface area contributed by atoms with E-state index in [-0.39, 0.29) is 5.91 Å². The predicted molar refractivity (Wildman–Crippen MR) is 107 cm³/mol. The molecule has 0 atom stereocenters. The van der Waals surface area contributed by atoms with Gasteiger partial charge in [0.05, 0.1) is 6.54 Å². The molecule has 2 aromatic carbocycles. The van der Waals surface area contributed by atoms with Crippen LogP contribution in [-0.4, -0.2) is 21.4 Å². The molecule has 0 saturated heterocycles. The molecule has 26 heavy (non-hydrogen) atoms. The van der Waals surface area contributed by atoms with Gasteiger partial charge >= 0.3 is 0 Å². The third-order valence-electron chi connectivity index (χ3n) is 4.14. The number of hydrogen-bond acceptors (Lipinski definition) is 3. The van der Waals surface area contributed by atoms with Gasteiger partial charge in [-0.05, 0) is 40.6 Å². The number of aromatic nitrogens is 2. The molecule has 0 unspecified atom stereocenters. The summed E-state index contributed by atoms with van der Waals surface area (Å²) in [6.45, 7) is 3.35. The first-order chi connectivity index (χ1) is 12.8. The summed E-state index contributed by atoms with van der Waals surface area (Å²) < 4.78 is 1.88. The van der Waals surface area contributed by atoms with Gasteiger partial charge in [-0.15, -0.1) is 0 Å². The van der Waals surface area contributed by atoms with E-state index in [1.165, 1.54) is 5.56 Å². The Bertz CT molecular complexity index is 829. The van der Waals surface area contributed by atoms with E-state index in [4.69, 9.17) is 0 Å². The first-order valence-corrected chi connectivity index (χ1v) is 9.91. The molecule has 1 heterocycles. The van der Waals surface area contributed by atoms with Crippen molar-refractivity contribution in [2.75, 3.05) is 5.75 Å². The Morgan fingerprint density at radius 1 is 1.08 bits per heavy atom. The van der Waals surface area contributed by atoms with Crippen LogP contribution in [0.1, 0.15) is 34.0 Å². The van der Waals surface area contributed by atoms with Crippen molar-refractivity contribution < 1.29 is 4.79 Å². The molecular formula is C21H23N3OS. The highest BCUT2D eigenvalue weighted by atomic mass is 32.2. The average molecular weight is 366 g/mol. The third-order valence-corrected chi connectivity index (χ3v) is 5.08. The number of amides is 1. The number of carbonyl (C=O) groups is 1. The minimum atomic E-state index is -0.0476. The van der Waals surface area contributed by atoms with Gasteiger partial charge in [0.2, 0.25) is 0 Å². The van der Waals surface area contributed by atoms with Gasteiger partial charge in [-0.3, -0.25) is 9.48 Å². The van der Waals surface area contributed by atoms with E-state index in [9.17, 15) is 4.79 Å². The highest BCUT2D eigenvalue weighted by Gasteiger charge is 2.08. The average Bonchev–Trinajstić information content (AvgIpc) is 3.19. The fraction of sp³-hybridized carbons (Fsp3) is 0.238. The van der Waals surface area contributed by atoms with Gasteiger partial charge in [-0.25, -0.2) is 0 Å². The molecule has 0 radical (unpaired) electrons. The monoisotopic (exact) mass is 365 g/mol. The zero-order chi connectivity index (χ0) is 18.2. The van der Waals surface area contributed by atoms with Crippen molar-refractivity contribution in [1.29, 1.82) is 0 Å². The highest BCUT2D eigenvalue weighted by molar-refractivity contribution is 7.98. The summed E-state index contributed by atoms with van der Waals surface area (Å²) in [7, 11) is 0. The number of carbonyl (C=O) groups excluding carboxylic acids is 1. The van der Waals surface area contributed by atoms with Gasteiger partial charge in [0.25, 0.3) is 5.91 Å². The van der Waals surface area contributed by atoms with Crippen LogP contribution in [0.4, 0.5) is 0 Å². The summed E-state index contributed by atoms with van der Waals surface area (Å²) in [6, 6.07) is 17.9. The van der Waals surface area contributed by atoms with E-state index < -0.39 is 0 Å². The Morgan fingerprint density at radius 3 is 2.54 bits per heavy atom. The molecule has 134 valence electrons. The van der Waals surface area contributed by atoms with E-state index >= 15 is 0 Å². The maximum atomic E-state index is 12.4. The summed E-state index contributed by atoms with van der Waals surface area (Å²) in [4.78, 5) is 12.4. The summed E-state index contributed by atoms with van der Waals surface area (Å²) in [5.74, 6) is 2.04. The zero-order valence-electron chi connectivity index (χ0n) is 14.9. The topological polar surface area (TPSA) is 46.9 Å². The molecule has 3 rings (SSSR count). The molecule has 0 aliphatic carbocycles. The second-order valence-electron chi connectivity index (χ2n) is 5.99. The molecule has 5 heteroatoms. The quantitative estimate of drug-likeness (QED) is 0.653. The van der Waals surface area contributed by atoms with Crippen molar-refractivity contribution in [1.82, 2.24) is 15.1 Å². The van der Waals surface area contributed by atoms with Gasteiger partial charge < -0.3 is 5.32 Å². The molecule has 0 saturated carbocycles. The van der Waals surface area contributed by atoms with E-state index in [0.29, 0.717) is 18.7 Å². The van der Waals surface area contributed by atoms with Crippen molar-refractivity contribution in [3.8, 4) is 0 Å². The Kier molecular flexibility index (Phi) is 6.50. The van der Waals surface area contributed by atoms with Crippen molar-refractivity contribution in [3.05, 3.63) is 89.2 Å². The van der Waals surface area contributed by atoms with Crippen LogP contribution in [0.3, 0.4) is 0 Å². The molecule has 0 aliphatic heterocycles. The van der Waals surface area contributed by atoms with Crippen LogP contribution in [0.15, 0.2) is 67.0 Å². The first-order valence-electron chi connectivity index (χ1n) is 8.75. The number of nitrogens with zero attached hydrogens (tertiary/aromatic N) is 2. The minimum Gasteiger partial charge on any atom is -0.348 e. The SMILES string of the molecule is CCSCc1ccc(C(=O)NCc2ccccc2Cn2cccn2)cc1. The first kappa shape index (κ1) is 18.3. The van der Waals surface area contributed by atoms with E-state index in [1.54, 1.807) is 6.20 Å². The molecule has 0 bridgehead atoms. The lowest BCUT2D eigenvalue weighted by Gasteiger charge is -2.11. The largest absolute Gasteiger partial charge is 0.348 e. The molecule has 1 aromatic heterocycles. The van der Waals surface area contributed by atoms with Crippen LogP contribution in [0.5, 0.6) is 0 Å². The smallest absolute Gasteiger partial charge is 0.251 e. The molecule has 1 N–H and O–H groups in total. The lowest BCUT2D eigenvalue weighted by atomic mass is 10.1. The minimum absolute atomic E-state index is 0.0476. The predicted octanol–water partition coefficient (Wildman–Crippen LogP) is 4.11. The van der Waals surface area contributed by atoms with Gasteiger partial charge in [-0.2, -0.15) is 16.9 Å². The Hall–Kier alpha value is -2.53. The molecule has 0 fully saturated rings. The van der Waals surface area contributed by atoms with Crippen LogP contribution in [-0.2, 0) is 18.8 Å². The van der Waals surface area contributed by atoms with Crippen LogP contribution >= 0.6 is 11.8 Å². The molecule has 1 amide bonds. The van der Waals surface area contributed by atoms with E-state index in [1.807, 2.05) is 71.2 Å².